The largest absolute Gasteiger partial charge is 0.393 e. The quantitative estimate of drug-likeness (QED) is 0.465. The monoisotopic (exact) mass is 144 g/mol. The van der Waals surface area contributed by atoms with Crippen LogP contribution in [0.25, 0.3) is 0 Å². The summed E-state index contributed by atoms with van der Waals surface area (Å²) < 4.78 is 0. The van der Waals surface area contributed by atoms with Crippen LogP contribution in [0, 0.1) is 0 Å². The van der Waals surface area contributed by atoms with Crippen LogP contribution in [0.3, 0.4) is 0 Å². The molecule has 1 unspecified atom stereocenters. The van der Waals surface area contributed by atoms with Gasteiger partial charge in [0.05, 0.1) is 6.10 Å². The summed E-state index contributed by atoms with van der Waals surface area (Å²) in [5.41, 5.74) is 0. The molecule has 1 N–H and O–H groups in total. The predicted octanol–water partition coefficient (Wildman–Crippen LogP) is 0.695. The highest BCUT2D eigenvalue weighted by Gasteiger charge is 1.95. The SMILES string of the molecule is CCC(O)C/C=N/N(C)C. The summed E-state index contributed by atoms with van der Waals surface area (Å²) in [6.45, 7) is 1.95. The van der Waals surface area contributed by atoms with Gasteiger partial charge in [0.2, 0.25) is 0 Å². The van der Waals surface area contributed by atoms with Gasteiger partial charge in [-0.1, -0.05) is 6.92 Å². The molecule has 0 saturated carbocycles. The Labute approximate surface area is 62.3 Å². The number of rotatable bonds is 4. The fourth-order valence-electron chi connectivity index (χ4n) is 0.499. The van der Waals surface area contributed by atoms with E-state index >= 15 is 0 Å². The molecule has 0 radical (unpaired) electrons. The number of aliphatic hydroxyl groups excluding tert-OH is 1. The lowest BCUT2D eigenvalue weighted by molar-refractivity contribution is 0.179. The normalized spacial score (nSPS) is 14.0. The summed E-state index contributed by atoms with van der Waals surface area (Å²) in [6.07, 6.45) is 2.94. The zero-order valence-corrected chi connectivity index (χ0v) is 6.91. The van der Waals surface area contributed by atoms with Crippen LogP contribution in [0.1, 0.15) is 19.8 Å². The molecule has 3 heteroatoms. The topological polar surface area (TPSA) is 35.8 Å². The molecule has 0 aromatic rings. The van der Waals surface area contributed by atoms with Crippen LogP contribution >= 0.6 is 0 Å². The second kappa shape index (κ2) is 5.23. The molecule has 60 valence electrons. The van der Waals surface area contributed by atoms with Gasteiger partial charge < -0.3 is 10.1 Å². The molecule has 0 aromatic carbocycles. The van der Waals surface area contributed by atoms with Gasteiger partial charge in [-0.2, -0.15) is 5.10 Å². The maximum atomic E-state index is 9.06. The molecule has 0 rings (SSSR count). The summed E-state index contributed by atoms with van der Waals surface area (Å²) in [4.78, 5) is 0. The Kier molecular flexibility index (Phi) is 4.94. The molecule has 10 heavy (non-hydrogen) atoms. The number of aliphatic hydroxyl groups is 1. The number of nitrogens with zero attached hydrogens (tertiary/aromatic N) is 2. The Bertz CT molecular complexity index is 102. The maximum absolute atomic E-state index is 9.06. The van der Waals surface area contributed by atoms with Crippen LogP contribution in [0.15, 0.2) is 5.10 Å². The standard InChI is InChI=1S/C7H16N2O/c1-4-7(10)5-6-8-9(2)3/h6-7,10H,4-5H2,1-3H3/b8-6+. The average molecular weight is 144 g/mol. The van der Waals surface area contributed by atoms with Crippen LogP contribution < -0.4 is 0 Å². The Morgan fingerprint density at radius 3 is 2.60 bits per heavy atom. The second-order valence-electron chi connectivity index (χ2n) is 2.44. The van der Waals surface area contributed by atoms with Gasteiger partial charge in [-0.15, -0.1) is 0 Å². The Hall–Kier alpha value is -0.570. The van der Waals surface area contributed by atoms with Gasteiger partial charge in [0.15, 0.2) is 0 Å². The molecule has 0 aliphatic carbocycles. The minimum atomic E-state index is -0.233. The van der Waals surface area contributed by atoms with Gasteiger partial charge in [0.1, 0.15) is 0 Å². The molecule has 3 nitrogen and oxygen atoms in total. The van der Waals surface area contributed by atoms with E-state index in [0.29, 0.717) is 6.42 Å². The Morgan fingerprint density at radius 1 is 1.60 bits per heavy atom. The third-order valence-electron chi connectivity index (χ3n) is 1.16. The molecule has 0 spiro atoms. The maximum Gasteiger partial charge on any atom is 0.0587 e. The molecular weight excluding hydrogens is 128 g/mol. The number of hydrogen-bond acceptors (Lipinski definition) is 3. The van der Waals surface area contributed by atoms with E-state index in [0.717, 1.165) is 6.42 Å². The van der Waals surface area contributed by atoms with Gasteiger partial charge in [-0.3, -0.25) is 0 Å². The van der Waals surface area contributed by atoms with Crippen molar-refractivity contribution in [2.75, 3.05) is 14.1 Å². The van der Waals surface area contributed by atoms with E-state index in [1.807, 2.05) is 21.0 Å². The van der Waals surface area contributed by atoms with E-state index in [2.05, 4.69) is 5.10 Å². The Morgan fingerprint density at radius 2 is 2.20 bits per heavy atom. The van der Waals surface area contributed by atoms with E-state index in [4.69, 9.17) is 5.11 Å². The fourth-order valence-corrected chi connectivity index (χ4v) is 0.499. The highest BCUT2D eigenvalue weighted by atomic mass is 16.3. The van der Waals surface area contributed by atoms with Crippen molar-refractivity contribution in [3.05, 3.63) is 0 Å². The van der Waals surface area contributed by atoms with E-state index < -0.39 is 0 Å². The summed E-state index contributed by atoms with van der Waals surface area (Å²) in [5.74, 6) is 0. The minimum Gasteiger partial charge on any atom is -0.393 e. The fraction of sp³-hybridized carbons (Fsp3) is 0.857. The third kappa shape index (κ3) is 5.56. The van der Waals surface area contributed by atoms with Crippen LogP contribution in [-0.2, 0) is 0 Å². The molecule has 0 fully saturated rings. The van der Waals surface area contributed by atoms with E-state index in [1.165, 1.54) is 0 Å². The molecule has 0 bridgehead atoms. The van der Waals surface area contributed by atoms with Crippen LogP contribution in [0.5, 0.6) is 0 Å². The van der Waals surface area contributed by atoms with Crippen LogP contribution in [0.4, 0.5) is 0 Å². The molecule has 0 saturated heterocycles. The summed E-state index contributed by atoms with van der Waals surface area (Å²) in [5, 5.41) is 14.7. The second-order valence-corrected chi connectivity index (χ2v) is 2.44. The summed E-state index contributed by atoms with van der Waals surface area (Å²) in [6, 6.07) is 0. The van der Waals surface area contributed by atoms with E-state index in [-0.39, 0.29) is 6.10 Å². The molecule has 0 aliphatic heterocycles. The summed E-state index contributed by atoms with van der Waals surface area (Å²) in [7, 11) is 3.71. The van der Waals surface area contributed by atoms with Crippen molar-refractivity contribution in [2.24, 2.45) is 5.10 Å². The van der Waals surface area contributed by atoms with Crippen molar-refractivity contribution in [2.45, 2.75) is 25.9 Å². The zero-order chi connectivity index (χ0) is 7.98. The molecular formula is C7H16N2O. The number of hydrogen-bond donors (Lipinski definition) is 1. The van der Waals surface area contributed by atoms with Crippen molar-refractivity contribution < 1.29 is 5.11 Å². The van der Waals surface area contributed by atoms with Gasteiger partial charge >= 0.3 is 0 Å². The highest BCUT2D eigenvalue weighted by molar-refractivity contribution is 5.57. The van der Waals surface area contributed by atoms with E-state index in [9.17, 15) is 0 Å². The molecule has 1 atom stereocenters. The van der Waals surface area contributed by atoms with Crippen molar-refractivity contribution in [3.8, 4) is 0 Å². The first-order valence-electron chi connectivity index (χ1n) is 3.54. The van der Waals surface area contributed by atoms with Crippen LogP contribution in [0.2, 0.25) is 0 Å². The smallest absolute Gasteiger partial charge is 0.0587 e. The minimum absolute atomic E-state index is 0.233. The van der Waals surface area contributed by atoms with Crippen molar-refractivity contribution in [1.29, 1.82) is 0 Å². The number of hydrazone groups is 1. The van der Waals surface area contributed by atoms with Crippen LogP contribution in [-0.4, -0.2) is 36.5 Å². The lowest BCUT2D eigenvalue weighted by Gasteiger charge is -2.04. The first-order chi connectivity index (χ1) is 4.66. The van der Waals surface area contributed by atoms with Gasteiger partial charge in [0.25, 0.3) is 0 Å². The molecule has 0 aliphatic rings. The summed E-state index contributed by atoms with van der Waals surface area (Å²) >= 11 is 0. The van der Waals surface area contributed by atoms with Gasteiger partial charge in [0, 0.05) is 26.7 Å². The molecule has 0 aromatic heterocycles. The zero-order valence-electron chi connectivity index (χ0n) is 6.91. The van der Waals surface area contributed by atoms with Crippen molar-refractivity contribution in [3.63, 3.8) is 0 Å². The first kappa shape index (κ1) is 9.43. The molecule has 0 heterocycles. The third-order valence-corrected chi connectivity index (χ3v) is 1.16. The van der Waals surface area contributed by atoms with Crippen molar-refractivity contribution >= 4 is 6.21 Å². The van der Waals surface area contributed by atoms with Gasteiger partial charge in [-0.05, 0) is 6.42 Å². The Balaban J connectivity index is 3.33. The van der Waals surface area contributed by atoms with Crippen molar-refractivity contribution in [1.82, 2.24) is 5.01 Å². The van der Waals surface area contributed by atoms with E-state index in [1.54, 1.807) is 11.2 Å². The average Bonchev–Trinajstić information content (AvgIpc) is 1.87. The lowest BCUT2D eigenvalue weighted by atomic mass is 10.2. The molecule has 0 amide bonds. The first-order valence-corrected chi connectivity index (χ1v) is 3.54. The lowest BCUT2D eigenvalue weighted by Crippen LogP contribution is -2.07. The highest BCUT2D eigenvalue weighted by Crippen LogP contribution is 1.92. The van der Waals surface area contributed by atoms with Gasteiger partial charge in [-0.25, -0.2) is 0 Å². The predicted molar refractivity (Wildman–Crippen MR) is 43.1 cm³/mol.